The van der Waals surface area contributed by atoms with Crippen LogP contribution in [0, 0.1) is 0 Å². The van der Waals surface area contributed by atoms with Crippen LogP contribution in [0.4, 0.5) is 0 Å². The molecule has 2 aliphatic carbocycles. The molecule has 0 aromatic heterocycles. The lowest BCUT2D eigenvalue weighted by molar-refractivity contribution is -0.140. The molecular weight excluding hydrogens is 500 g/mol. The molecule has 0 radical (unpaired) electrons. The van der Waals surface area contributed by atoms with Gasteiger partial charge >= 0.3 is 11.9 Å². The van der Waals surface area contributed by atoms with Crippen LogP contribution in [0.1, 0.15) is 87.0 Å². The van der Waals surface area contributed by atoms with Gasteiger partial charge in [-0.15, -0.1) is 0 Å². The molecule has 1 N–H and O–H groups in total. The summed E-state index contributed by atoms with van der Waals surface area (Å²) in [7, 11) is 0. The highest BCUT2D eigenvalue weighted by Crippen LogP contribution is 2.47. The Bertz CT molecular complexity index is 924. The molecule has 1 fully saturated rings. The minimum absolute atomic E-state index is 0.00999. The minimum atomic E-state index is -0.490. The number of ether oxygens (including phenoxy) is 4. The fourth-order valence-corrected chi connectivity index (χ4v) is 6.04. The molecule has 9 heteroatoms. The van der Waals surface area contributed by atoms with E-state index >= 15 is 0 Å². The number of nitrogens with zero attached hydrogens (tertiary/aromatic N) is 1. The molecule has 3 aliphatic rings. The number of hydrogen-bond acceptors (Lipinski definition) is 8. The van der Waals surface area contributed by atoms with E-state index in [0.29, 0.717) is 30.6 Å². The highest BCUT2D eigenvalue weighted by atomic mass is 16.5. The summed E-state index contributed by atoms with van der Waals surface area (Å²) in [5, 5.41) is 3.14. The minimum Gasteiger partial charge on any atom is -0.463 e. The van der Waals surface area contributed by atoms with Gasteiger partial charge in [0.25, 0.3) is 0 Å². The predicted octanol–water partition coefficient (Wildman–Crippen LogP) is 3.85. The zero-order valence-electron chi connectivity index (χ0n) is 24.7. The molecule has 220 valence electrons. The fraction of sp³-hybridized carbons (Fsp3) is 0.767. The Morgan fingerprint density at radius 2 is 1.26 bits per heavy atom. The lowest BCUT2D eigenvalue weighted by atomic mass is 9.87. The van der Waals surface area contributed by atoms with Gasteiger partial charge in [0.1, 0.15) is 0 Å². The molecule has 39 heavy (non-hydrogen) atoms. The van der Waals surface area contributed by atoms with E-state index in [4.69, 9.17) is 18.9 Å². The molecule has 7 atom stereocenters. The normalized spacial score (nSPS) is 29.8. The summed E-state index contributed by atoms with van der Waals surface area (Å²) in [4.78, 5) is 40.4. The highest BCUT2D eigenvalue weighted by molar-refractivity contribution is 5.90. The predicted molar refractivity (Wildman–Crippen MR) is 148 cm³/mol. The molecule has 1 unspecified atom stereocenters. The second-order valence-corrected chi connectivity index (χ2v) is 10.6. The zero-order valence-corrected chi connectivity index (χ0v) is 24.7. The molecule has 1 amide bonds. The Labute approximate surface area is 233 Å². The first kappa shape index (κ1) is 31.3. The second-order valence-electron chi connectivity index (χ2n) is 10.6. The van der Waals surface area contributed by atoms with Crippen molar-refractivity contribution in [3.8, 4) is 0 Å². The van der Waals surface area contributed by atoms with Crippen LogP contribution in [-0.2, 0) is 33.3 Å². The van der Waals surface area contributed by atoms with Gasteiger partial charge in [-0.25, -0.2) is 9.59 Å². The van der Waals surface area contributed by atoms with Crippen molar-refractivity contribution in [3.63, 3.8) is 0 Å². The average Bonchev–Trinajstić information content (AvgIpc) is 3.65. The van der Waals surface area contributed by atoms with Crippen molar-refractivity contribution in [1.82, 2.24) is 10.2 Å². The van der Waals surface area contributed by atoms with Gasteiger partial charge in [0.05, 0.1) is 49.7 Å². The number of hydrogen-bond donors (Lipinski definition) is 1. The van der Waals surface area contributed by atoms with Crippen LogP contribution in [0.15, 0.2) is 23.3 Å². The Kier molecular flexibility index (Phi) is 11.6. The average molecular weight is 549 g/mol. The van der Waals surface area contributed by atoms with Gasteiger partial charge in [-0.05, 0) is 64.5 Å². The van der Waals surface area contributed by atoms with Crippen molar-refractivity contribution in [2.24, 2.45) is 0 Å². The third-order valence-electron chi connectivity index (χ3n) is 8.07. The molecule has 0 aromatic carbocycles. The number of fused-ring (bicyclic) bond motifs is 1. The van der Waals surface area contributed by atoms with Crippen LogP contribution >= 0.6 is 0 Å². The van der Waals surface area contributed by atoms with Gasteiger partial charge in [0.2, 0.25) is 5.91 Å². The van der Waals surface area contributed by atoms with Crippen LogP contribution in [-0.4, -0.2) is 84.5 Å². The standard InChI is InChI=1S/C30H48N2O7/c1-8-21(9-2)38-25-16-19(29(34)36-12-5)14-23(27(25)31-18(7)33)32-24-15-20(30(35)37-13-6)17-26(28(24)32)39-22(10-3)11-4/h16-17,21-28H,8-15H2,1-7H3,(H,31,33)/t23-,24+,25+,26+,27+,28+,32?/m0/s1. The Morgan fingerprint density at radius 3 is 1.72 bits per heavy atom. The number of carbonyl (C=O) groups is 3. The van der Waals surface area contributed by atoms with E-state index in [0.717, 1.165) is 25.7 Å². The van der Waals surface area contributed by atoms with Crippen molar-refractivity contribution in [2.75, 3.05) is 13.2 Å². The Morgan fingerprint density at radius 1 is 0.795 bits per heavy atom. The maximum absolute atomic E-state index is 13.0. The number of amides is 1. The summed E-state index contributed by atoms with van der Waals surface area (Å²) in [5.41, 5.74) is 1.17. The molecule has 0 aromatic rings. The quantitative estimate of drug-likeness (QED) is 0.258. The highest BCUT2D eigenvalue weighted by Gasteiger charge is 2.60. The van der Waals surface area contributed by atoms with Gasteiger partial charge in [0, 0.05) is 30.2 Å². The van der Waals surface area contributed by atoms with Crippen LogP contribution in [0.5, 0.6) is 0 Å². The first-order valence-corrected chi connectivity index (χ1v) is 14.8. The van der Waals surface area contributed by atoms with Crippen molar-refractivity contribution in [1.29, 1.82) is 0 Å². The second kappa shape index (κ2) is 14.4. The van der Waals surface area contributed by atoms with Crippen molar-refractivity contribution >= 4 is 17.8 Å². The van der Waals surface area contributed by atoms with Crippen LogP contribution in [0.2, 0.25) is 0 Å². The molecule has 0 saturated carbocycles. The third kappa shape index (κ3) is 7.50. The molecule has 1 saturated heterocycles. The monoisotopic (exact) mass is 548 g/mol. The SMILES string of the molecule is CCOC(=O)C1=C[C@@H](OC(CC)CC)[C@H]2[C@@H](C1)N2[C@H]1CC(C(=O)OCC)=C[C@@H](OC(CC)CC)[C@@H]1NC(C)=O. The largest absolute Gasteiger partial charge is 0.463 e. The maximum Gasteiger partial charge on any atom is 0.333 e. The van der Waals surface area contributed by atoms with Gasteiger partial charge < -0.3 is 24.3 Å². The summed E-state index contributed by atoms with van der Waals surface area (Å²) in [6.45, 7) is 14.0. The van der Waals surface area contributed by atoms with E-state index in [-0.39, 0.29) is 66.9 Å². The molecule has 0 bridgehead atoms. The van der Waals surface area contributed by atoms with Gasteiger partial charge in [-0.1, -0.05) is 27.7 Å². The lowest BCUT2D eigenvalue weighted by Crippen LogP contribution is -2.57. The molecule has 1 aliphatic heterocycles. The Balaban J connectivity index is 1.98. The van der Waals surface area contributed by atoms with E-state index in [1.54, 1.807) is 13.8 Å². The number of nitrogens with one attached hydrogen (secondary N) is 1. The van der Waals surface area contributed by atoms with E-state index < -0.39 is 6.10 Å². The molecule has 1 heterocycles. The summed E-state index contributed by atoms with van der Waals surface area (Å²) < 4.78 is 23.8. The van der Waals surface area contributed by atoms with E-state index in [2.05, 4.69) is 37.9 Å². The van der Waals surface area contributed by atoms with E-state index in [1.165, 1.54) is 6.92 Å². The summed E-state index contributed by atoms with van der Waals surface area (Å²) in [5.74, 6) is -0.830. The summed E-state index contributed by atoms with van der Waals surface area (Å²) >= 11 is 0. The molecular formula is C30H48N2O7. The van der Waals surface area contributed by atoms with Crippen molar-refractivity contribution < 1.29 is 33.3 Å². The number of rotatable bonds is 14. The van der Waals surface area contributed by atoms with Crippen LogP contribution < -0.4 is 5.32 Å². The van der Waals surface area contributed by atoms with Crippen LogP contribution in [0.3, 0.4) is 0 Å². The molecule has 0 spiro atoms. The zero-order chi connectivity index (χ0) is 28.7. The van der Waals surface area contributed by atoms with Crippen molar-refractivity contribution in [3.05, 3.63) is 23.3 Å². The Hall–Kier alpha value is -2.23. The lowest BCUT2D eigenvalue weighted by Gasteiger charge is -2.39. The topological polar surface area (TPSA) is 103 Å². The summed E-state index contributed by atoms with van der Waals surface area (Å²) in [6, 6.07) is -0.534. The van der Waals surface area contributed by atoms with E-state index in [9.17, 15) is 14.4 Å². The summed E-state index contributed by atoms with van der Waals surface area (Å²) in [6.07, 6.45) is 7.35. The number of carbonyl (C=O) groups excluding carboxylic acids is 3. The first-order chi connectivity index (χ1) is 18.7. The number of esters is 2. The third-order valence-corrected chi connectivity index (χ3v) is 8.07. The fourth-order valence-electron chi connectivity index (χ4n) is 6.04. The van der Waals surface area contributed by atoms with Gasteiger partial charge in [0.15, 0.2) is 0 Å². The van der Waals surface area contributed by atoms with Gasteiger partial charge in [-0.3, -0.25) is 9.69 Å². The molecule has 9 nitrogen and oxygen atoms in total. The van der Waals surface area contributed by atoms with Crippen LogP contribution in [0.25, 0.3) is 0 Å². The maximum atomic E-state index is 13.0. The van der Waals surface area contributed by atoms with Gasteiger partial charge in [-0.2, -0.15) is 0 Å². The van der Waals surface area contributed by atoms with E-state index in [1.807, 2.05) is 12.2 Å². The smallest absolute Gasteiger partial charge is 0.333 e. The molecule has 3 rings (SSSR count). The first-order valence-electron chi connectivity index (χ1n) is 14.8. The van der Waals surface area contributed by atoms with Crippen molar-refractivity contribution in [2.45, 2.75) is 136 Å².